The van der Waals surface area contributed by atoms with Crippen LogP contribution in [0.5, 0.6) is 0 Å². The number of rotatable bonds is 7. The quantitative estimate of drug-likeness (QED) is 0.378. The highest BCUT2D eigenvalue weighted by atomic mass is 32.1. The second-order valence-electron chi connectivity index (χ2n) is 5.81. The molecule has 0 aliphatic rings. The molecular weight excluding hydrogens is 377 g/mol. The Labute approximate surface area is 160 Å². The van der Waals surface area contributed by atoms with Crippen molar-refractivity contribution in [2.75, 3.05) is 25.5 Å². The molecule has 6 nitrogen and oxygen atoms in total. The van der Waals surface area contributed by atoms with Gasteiger partial charge in [0, 0.05) is 31.2 Å². The zero-order valence-electron chi connectivity index (χ0n) is 15.4. The highest BCUT2D eigenvalue weighted by Gasteiger charge is 2.30. The third kappa shape index (κ3) is 6.70. The summed E-state index contributed by atoms with van der Waals surface area (Å²) in [4.78, 5) is 13.6. The molecule has 0 unspecified atom stereocenters. The van der Waals surface area contributed by atoms with Gasteiger partial charge in [0.05, 0.1) is 17.8 Å². The molecule has 0 amide bonds. The van der Waals surface area contributed by atoms with Crippen molar-refractivity contribution >= 4 is 23.1 Å². The monoisotopic (exact) mass is 400 g/mol. The van der Waals surface area contributed by atoms with Crippen molar-refractivity contribution in [3.05, 3.63) is 39.5 Å². The van der Waals surface area contributed by atoms with E-state index in [-0.39, 0.29) is 0 Å². The number of hydrogen-bond acceptors (Lipinski definition) is 5. The summed E-state index contributed by atoms with van der Waals surface area (Å²) in [7, 11) is 1.69. The van der Waals surface area contributed by atoms with Crippen LogP contribution >= 0.6 is 11.3 Å². The van der Waals surface area contributed by atoms with Gasteiger partial charge in [-0.25, -0.2) is 9.97 Å². The lowest BCUT2D eigenvalue weighted by Crippen LogP contribution is -2.37. The molecule has 27 heavy (non-hydrogen) atoms. The van der Waals surface area contributed by atoms with Crippen LogP contribution in [0.4, 0.5) is 19.0 Å². The minimum Gasteiger partial charge on any atom is -0.370 e. The summed E-state index contributed by atoms with van der Waals surface area (Å²) in [6.07, 6.45) is -2.79. The summed E-state index contributed by atoms with van der Waals surface area (Å²) in [6, 6.07) is 2.34. The summed E-state index contributed by atoms with van der Waals surface area (Å²) in [5.41, 5.74) is 0.290. The fourth-order valence-electron chi connectivity index (χ4n) is 2.17. The van der Waals surface area contributed by atoms with E-state index in [2.05, 4.69) is 30.9 Å². The first kappa shape index (κ1) is 20.9. The number of pyridine rings is 1. The summed E-state index contributed by atoms with van der Waals surface area (Å²) < 4.78 is 37.5. The number of hydrogen-bond donors (Lipinski definition) is 3. The number of nitrogens with zero attached hydrogens (tertiary/aromatic N) is 3. The number of thiazole rings is 1. The average molecular weight is 400 g/mol. The van der Waals surface area contributed by atoms with Gasteiger partial charge >= 0.3 is 6.18 Å². The van der Waals surface area contributed by atoms with E-state index in [4.69, 9.17) is 0 Å². The molecule has 10 heteroatoms. The first-order chi connectivity index (χ1) is 12.8. The number of alkyl halides is 3. The topological polar surface area (TPSA) is 74.2 Å². The predicted molar refractivity (Wildman–Crippen MR) is 102 cm³/mol. The minimum atomic E-state index is -4.37. The van der Waals surface area contributed by atoms with E-state index in [1.54, 1.807) is 18.4 Å². The molecule has 0 saturated carbocycles. The van der Waals surface area contributed by atoms with Crippen LogP contribution in [0.15, 0.2) is 23.3 Å². The molecule has 3 N–H and O–H groups in total. The highest BCUT2D eigenvalue weighted by Crippen LogP contribution is 2.28. The van der Waals surface area contributed by atoms with Crippen molar-refractivity contribution in [2.45, 2.75) is 33.0 Å². The summed E-state index contributed by atoms with van der Waals surface area (Å²) >= 11 is 1.66. The molecule has 0 radical (unpaired) electrons. The maximum atomic E-state index is 12.5. The van der Waals surface area contributed by atoms with Crippen molar-refractivity contribution in [3.63, 3.8) is 0 Å². The van der Waals surface area contributed by atoms with Gasteiger partial charge in [0.15, 0.2) is 5.96 Å². The van der Waals surface area contributed by atoms with Crippen LogP contribution in [0, 0.1) is 13.8 Å². The van der Waals surface area contributed by atoms with Gasteiger partial charge in [-0.1, -0.05) is 0 Å². The zero-order valence-corrected chi connectivity index (χ0v) is 16.3. The molecule has 2 aromatic rings. The van der Waals surface area contributed by atoms with E-state index in [1.165, 1.54) is 10.9 Å². The Kier molecular flexibility index (Phi) is 7.40. The largest absolute Gasteiger partial charge is 0.417 e. The van der Waals surface area contributed by atoms with Gasteiger partial charge in [0.25, 0.3) is 0 Å². The van der Waals surface area contributed by atoms with Crippen molar-refractivity contribution in [2.24, 2.45) is 4.99 Å². The van der Waals surface area contributed by atoms with Crippen LogP contribution in [0.3, 0.4) is 0 Å². The SMILES string of the molecule is CN=C(NCCCNc1ccc(C(F)(F)F)cn1)NCc1nc(C)c(C)s1. The number of guanidine groups is 1. The second kappa shape index (κ2) is 9.54. The second-order valence-corrected chi connectivity index (χ2v) is 7.10. The lowest BCUT2D eigenvalue weighted by Gasteiger charge is -2.11. The van der Waals surface area contributed by atoms with E-state index in [0.29, 0.717) is 31.4 Å². The van der Waals surface area contributed by atoms with E-state index in [9.17, 15) is 13.2 Å². The number of aryl methyl sites for hydroxylation is 2. The molecule has 0 aliphatic heterocycles. The van der Waals surface area contributed by atoms with Gasteiger partial charge in [-0.15, -0.1) is 11.3 Å². The molecule has 0 aliphatic carbocycles. The number of aliphatic imine (C=N–C) groups is 1. The summed E-state index contributed by atoms with van der Waals surface area (Å²) in [6.45, 7) is 5.87. The highest BCUT2D eigenvalue weighted by molar-refractivity contribution is 7.11. The Morgan fingerprint density at radius 2 is 1.96 bits per heavy atom. The third-order valence-corrected chi connectivity index (χ3v) is 4.82. The first-order valence-electron chi connectivity index (χ1n) is 8.44. The van der Waals surface area contributed by atoms with Gasteiger partial charge in [-0.05, 0) is 32.4 Å². The van der Waals surface area contributed by atoms with Gasteiger partial charge < -0.3 is 16.0 Å². The first-order valence-corrected chi connectivity index (χ1v) is 9.26. The minimum absolute atomic E-state index is 0.417. The predicted octanol–water partition coefficient (Wildman–Crippen LogP) is 3.34. The molecule has 0 spiro atoms. The summed E-state index contributed by atoms with van der Waals surface area (Å²) in [5, 5.41) is 10.4. The number of anilines is 1. The molecule has 2 rings (SSSR count). The zero-order chi connectivity index (χ0) is 19.9. The standard InChI is InChI=1S/C17H23F3N6S/c1-11-12(2)27-15(26-11)10-25-16(21-3)23-8-4-7-22-14-6-5-13(9-24-14)17(18,19)20/h5-6,9H,4,7-8,10H2,1-3H3,(H,22,24)(H2,21,23,25). The van der Waals surface area contributed by atoms with Crippen LogP contribution in [0.1, 0.15) is 27.6 Å². The summed E-state index contributed by atoms with van der Waals surface area (Å²) in [5.74, 6) is 1.09. The fraction of sp³-hybridized carbons (Fsp3) is 0.471. The van der Waals surface area contributed by atoms with Crippen LogP contribution in [0.25, 0.3) is 0 Å². The number of nitrogens with one attached hydrogen (secondary N) is 3. The van der Waals surface area contributed by atoms with Crippen LogP contribution in [0.2, 0.25) is 0 Å². The van der Waals surface area contributed by atoms with Crippen LogP contribution < -0.4 is 16.0 Å². The molecule has 2 aromatic heterocycles. The van der Waals surface area contributed by atoms with E-state index < -0.39 is 11.7 Å². The van der Waals surface area contributed by atoms with Crippen molar-refractivity contribution in [3.8, 4) is 0 Å². The van der Waals surface area contributed by atoms with Gasteiger partial charge in [0.2, 0.25) is 0 Å². The van der Waals surface area contributed by atoms with E-state index in [1.807, 2.05) is 13.8 Å². The molecule has 2 heterocycles. The Bertz CT molecular complexity index is 736. The van der Waals surface area contributed by atoms with Crippen molar-refractivity contribution in [1.82, 2.24) is 20.6 Å². The number of halogens is 3. The van der Waals surface area contributed by atoms with E-state index >= 15 is 0 Å². The average Bonchev–Trinajstić information content (AvgIpc) is 2.95. The van der Waals surface area contributed by atoms with Gasteiger partial charge in [-0.2, -0.15) is 13.2 Å². The normalized spacial score (nSPS) is 12.1. The van der Waals surface area contributed by atoms with E-state index in [0.717, 1.165) is 29.4 Å². The molecule has 0 bridgehead atoms. The maximum Gasteiger partial charge on any atom is 0.417 e. The van der Waals surface area contributed by atoms with Crippen molar-refractivity contribution < 1.29 is 13.2 Å². The number of aromatic nitrogens is 2. The molecule has 0 fully saturated rings. The lowest BCUT2D eigenvalue weighted by molar-refractivity contribution is -0.137. The van der Waals surface area contributed by atoms with Crippen LogP contribution in [-0.4, -0.2) is 36.1 Å². The molecular formula is C17H23F3N6S. The third-order valence-electron chi connectivity index (χ3n) is 3.75. The maximum absolute atomic E-state index is 12.5. The molecule has 0 saturated heterocycles. The lowest BCUT2D eigenvalue weighted by atomic mass is 10.3. The molecule has 0 atom stereocenters. The fourth-order valence-corrected chi connectivity index (χ4v) is 3.05. The van der Waals surface area contributed by atoms with Crippen LogP contribution in [-0.2, 0) is 12.7 Å². The Hall–Kier alpha value is -2.36. The Morgan fingerprint density at radius 3 is 2.52 bits per heavy atom. The Balaban J connectivity index is 1.66. The Morgan fingerprint density at radius 1 is 1.19 bits per heavy atom. The van der Waals surface area contributed by atoms with Gasteiger partial charge in [-0.3, -0.25) is 4.99 Å². The van der Waals surface area contributed by atoms with Gasteiger partial charge in [0.1, 0.15) is 10.8 Å². The molecule has 148 valence electrons. The van der Waals surface area contributed by atoms with Crippen molar-refractivity contribution in [1.29, 1.82) is 0 Å². The molecule has 0 aromatic carbocycles. The smallest absolute Gasteiger partial charge is 0.370 e.